The van der Waals surface area contributed by atoms with Crippen molar-refractivity contribution in [1.82, 2.24) is 0 Å². The lowest BCUT2D eigenvalue weighted by Crippen LogP contribution is -1.94. The molecule has 90 valence electrons. The molecule has 0 aliphatic heterocycles. The number of hydrogen-bond donors (Lipinski definition) is 0. The van der Waals surface area contributed by atoms with Gasteiger partial charge in [0.25, 0.3) is 0 Å². The summed E-state index contributed by atoms with van der Waals surface area (Å²) in [5, 5.41) is 0. The fourth-order valence-corrected chi connectivity index (χ4v) is 4.11. The Kier molecular flexibility index (Phi) is 4.06. The molecule has 1 heterocycles. The van der Waals surface area contributed by atoms with Crippen LogP contribution < -0.4 is 0 Å². The molecule has 0 saturated heterocycles. The zero-order valence-corrected chi connectivity index (χ0v) is 13.4. The van der Waals surface area contributed by atoms with E-state index in [1.807, 2.05) is 13.0 Å². The van der Waals surface area contributed by atoms with E-state index in [4.69, 9.17) is 0 Å². The first-order valence-corrected chi connectivity index (χ1v) is 7.67. The lowest BCUT2D eigenvalue weighted by molar-refractivity contribution is 0.625. The number of halogens is 3. The zero-order chi connectivity index (χ0) is 12.6. The second kappa shape index (κ2) is 5.21. The highest BCUT2D eigenvalue weighted by molar-refractivity contribution is 9.10. The quantitative estimate of drug-likeness (QED) is 0.584. The van der Waals surface area contributed by atoms with Gasteiger partial charge in [0.2, 0.25) is 0 Å². The Morgan fingerprint density at radius 1 is 1.24 bits per heavy atom. The molecule has 0 spiro atoms. The maximum absolute atomic E-state index is 13.3. The van der Waals surface area contributed by atoms with Crippen LogP contribution in [0.15, 0.2) is 28.7 Å². The second-order valence-electron chi connectivity index (χ2n) is 3.92. The molecule has 0 N–H and O–H groups in total. The molecule has 1 unspecified atom stereocenters. The molecule has 0 bridgehead atoms. The van der Waals surface area contributed by atoms with Gasteiger partial charge in [-0.25, -0.2) is 4.39 Å². The molecule has 0 saturated carbocycles. The molecule has 0 aliphatic rings. The minimum absolute atomic E-state index is 0.0493. The number of benzene rings is 1. The SMILES string of the molecule is Cc1ccc(F)cc1C(Br)c1cc(Br)c(C)s1. The summed E-state index contributed by atoms with van der Waals surface area (Å²) in [6, 6.07) is 6.99. The third-order valence-electron chi connectivity index (χ3n) is 2.64. The molecular formula is C13H11Br2FS. The summed E-state index contributed by atoms with van der Waals surface area (Å²) in [6.07, 6.45) is 0. The summed E-state index contributed by atoms with van der Waals surface area (Å²) in [5.74, 6) is -0.192. The fourth-order valence-electron chi connectivity index (χ4n) is 1.64. The molecule has 1 atom stereocenters. The van der Waals surface area contributed by atoms with Gasteiger partial charge >= 0.3 is 0 Å². The Bertz CT molecular complexity index is 529. The molecule has 0 amide bonds. The van der Waals surface area contributed by atoms with Gasteiger partial charge in [0, 0.05) is 14.2 Å². The fraction of sp³-hybridized carbons (Fsp3) is 0.231. The van der Waals surface area contributed by atoms with Crippen LogP contribution in [-0.2, 0) is 0 Å². The normalized spacial score (nSPS) is 12.8. The molecule has 0 nitrogen and oxygen atoms in total. The summed E-state index contributed by atoms with van der Waals surface area (Å²) < 4.78 is 14.4. The topological polar surface area (TPSA) is 0 Å². The maximum Gasteiger partial charge on any atom is 0.123 e. The molecule has 17 heavy (non-hydrogen) atoms. The van der Waals surface area contributed by atoms with Gasteiger partial charge in [-0.3, -0.25) is 0 Å². The van der Waals surface area contributed by atoms with Crippen LogP contribution in [0.1, 0.15) is 25.7 Å². The minimum atomic E-state index is -0.192. The van der Waals surface area contributed by atoms with Gasteiger partial charge in [-0.2, -0.15) is 0 Å². The molecule has 2 aromatic rings. The van der Waals surface area contributed by atoms with Crippen molar-refractivity contribution in [3.05, 3.63) is 55.4 Å². The van der Waals surface area contributed by atoms with Gasteiger partial charge in [0.15, 0.2) is 0 Å². The van der Waals surface area contributed by atoms with E-state index in [0.717, 1.165) is 15.6 Å². The summed E-state index contributed by atoms with van der Waals surface area (Å²) in [5.41, 5.74) is 2.08. The van der Waals surface area contributed by atoms with Crippen LogP contribution in [0, 0.1) is 19.7 Å². The van der Waals surface area contributed by atoms with Crippen LogP contribution in [-0.4, -0.2) is 0 Å². The van der Waals surface area contributed by atoms with E-state index < -0.39 is 0 Å². The standard InChI is InChI=1S/C13H11Br2FS/c1-7-3-4-9(16)5-10(7)13(15)12-6-11(14)8(2)17-12/h3-6,13H,1-2H3. The Labute approximate surface area is 121 Å². The average Bonchev–Trinajstić information content (AvgIpc) is 2.62. The second-order valence-corrected chi connectivity index (χ2v) is 6.97. The monoisotopic (exact) mass is 376 g/mol. The Morgan fingerprint density at radius 2 is 1.94 bits per heavy atom. The van der Waals surface area contributed by atoms with Crippen molar-refractivity contribution < 1.29 is 4.39 Å². The van der Waals surface area contributed by atoms with Gasteiger partial charge < -0.3 is 0 Å². The van der Waals surface area contributed by atoms with Crippen LogP contribution in [0.4, 0.5) is 4.39 Å². The van der Waals surface area contributed by atoms with E-state index in [1.165, 1.54) is 15.8 Å². The number of alkyl halides is 1. The van der Waals surface area contributed by atoms with Crippen molar-refractivity contribution >= 4 is 43.2 Å². The number of thiophene rings is 1. The van der Waals surface area contributed by atoms with Crippen molar-refractivity contribution in [2.24, 2.45) is 0 Å². The summed E-state index contributed by atoms with van der Waals surface area (Å²) >= 11 is 8.87. The molecule has 2 rings (SSSR count). The predicted molar refractivity (Wildman–Crippen MR) is 78.7 cm³/mol. The number of rotatable bonds is 2. The Balaban J connectivity index is 2.42. The van der Waals surface area contributed by atoms with E-state index in [-0.39, 0.29) is 10.6 Å². The highest BCUT2D eigenvalue weighted by Crippen LogP contribution is 2.39. The molecule has 0 fully saturated rings. The summed E-state index contributed by atoms with van der Waals surface area (Å²) in [6.45, 7) is 4.06. The van der Waals surface area contributed by atoms with Crippen LogP contribution in [0.2, 0.25) is 0 Å². The first-order chi connectivity index (χ1) is 7.99. The van der Waals surface area contributed by atoms with E-state index in [0.29, 0.717) is 0 Å². The highest BCUT2D eigenvalue weighted by Gasteiger charge is 2.16. The summed E-state index contributed by atoms with van der Waals surface area (Å²) in [4.78, 5) is 2.47. The first kappa shape index (κ1) is 13.2. The minimum Gasteiger partial charge on any atom is -0.207 e. The predicted octanol–water partition coefficient (Wildman–Crippen LogP) is 5.75. The van der Waals surface area contributed by atoms with Gasteiger partial charge in [0.1, 0.15) is 5.82 Å². The van der Waals surface area contributed by atoms with Crippen LogP contribution >= 0.6 is 43.2 Å². The molecule has 0 radical (unpaired) electrons. The molecule has 4 heteroatoms. The van der Waals surface area contributed by atoms with Gasteiger partial charge in [-0.05, 0) is 59.1 Å². The number of hydrogen-bond acceptors (Lipinski definition) is 1. The van der Waals surface area contributed by atoms with Crippen molar-refractivity contribution in [2.75, 3.05) is 0 Å². The van der Waals surface area contributed by atoms with Gasteiger partial charge in [-0.15, -0.1) is 11.3 Å². The maximum atomic E-state index is 13.3. The lowest BCUT2D eigenvalue weighted by atomic mass is 10.0. The lowest BCUT2D eigenvalue weighted by Gasteiger charge is -2.11. The highest BCUT2D eigenvalue weighted by atomic mass is 79.9. The van der Waals surface area contributed by atoms with Crippen molar-refractivity contribution in [3.63, 3.8) is 0 Å². The first-order valence-electron chi connectivity index (χ1n) is 5.15. The van der Waals surface area contributed by atoms with E-state index >= 15 is 0 Å². The molecule has 1 aromatic heterocycles. The van der Waals surface area contributed by atoms with Crippen LogP contribution in [0.3, 0.4) is 0 Å². The Morgan fingerprint density at radius 3 is 2.53 bits per heavy atom. The third kappa shape index (κ3) is 2.80. The third-order valence-corrected chi connectivity index (χ3v) is 6.13. The number of aryl methyl sites for hydroxylation is 2. The average molecular weight is 378 g/mol. The van der Waals surface area contributed by atoms with Gasteiger partial charge in [0.05, 0.1) is 4.83 Å². The van der Waals surface area contributed by atoms with Crippen molar-refractivity contribution in [1.29, 1.82) is 0 Å². The van der Waals surface area contributed by atoms with E-state index in [9.17, 15) is 4.39 Å². The van der Waals surface area contributed by atoms with Crippen molar-refractivity contribution in [2.45, 2.75) is 18.7 Å². The van der Waals surface area contributed by atoms with Crippen molar-refractivity contribution in [3.8, 4) is 0 Å². The Hall–Kier alpha value is -0.190. The summed E-state index contributed by atoms with van der Waals surface area (Å²) in [7, 11) is 0. The van der Waals surface area contributed by atoms with Crippen LogP contribution in [0.25, 0.3) is 0 Å². The largest absolute Gasteiger partial charge is 0.207 e. The zero-order valence-electron chi connectivity index (χ0n) is 9.43. The van der Waals surface area contributed by atoms with E-state index in [1.54, 1.807) is 17.4 Å². The molecule has 0 aliphatic carbocycles. The van der Waals surface area contributed by atoms with Crippen LogP contribution in [0.5, 0.6) is 0 Å². The molecular weight excluding hydrogens is 367 g/mol. The smallest absolute Gasteiger partial charge is 0.123 e. The molecule has 1 aromatic carbocycles. The van der Waals surface area contributed by atoms with Gasteiger partial charge in [-0.1, -0.05) is 22.0 Å². The van der Waals surface area contributed by atoms with E-state index in [2.05, 4.69) is 44.8 Å².